The highest BCUT2D eigenvalue weighted by atomic mass is 19.3. The fourth-order valence-corrected chi connectivity index (χ4v) is 0.535. The van der Waals surface area contributed by atoms with Crippen LogP contribution in [0.3, 0.4) is 0 Å². The first-order chi connectivity index (χ1) is 5.20. The number of aromatic nitrogens is 4. The highest BCUT2D eigenvalue weighted by Gasteiger charge is 2.17. The van der Waals surface area contributed by atoms with Gasteiger partial charge in [-0.1, -0.05) is 0 Å². The van der Waals surface area contributed by atoms with Gasteiger partial charge >= 0.3 is 0 Å². The van der Waals surface area contributed by atoms with E-state index in [1.165, 1.54) is 0 Å². The predicted molar refractivity (Wildman–Crippen MR) is 29.8 cm³/mol. The zero-order chi connectivity index (χ0) is 8.27. The summed E-state index contributed by atoms with van der Waals surface area (Å²) in [5.74, 6) is 0. The summed E-state index contributed by atoms with van der Waals surface area (Å²) in [6, 6.07) is 0. The van der Waals surface area contributed by atoms with E-state index < -0.39 is 12.5 Å². The van der Waals surface area contributed by atoms with Crippen molar-refractivity contribution < 1.29 is 13.9 Å². The molecule has 0 saturated heterocycles. The van der Waals surface area contributed by atoms with Crippen LogP contribution in [0, 0.1) is 0 Å². The van der Waals surface area contributed by atoms with Crippen LogP contribution >= 0.6 is 0 Å². The summed E-state index contributed by atoms with van der Waals surface area (Å²) in [4.78, 5) is 0. The molecule has 0 radical (unpaired) electrons. The van der Waals surface area contributed by atoms with Crippen molar-refractivity contribution in [2.24, 2.45) is 0 Å². The monoisotopic (exact) mass is 164 g/mol. The minimum atomic E-state index is -2.76. The van der Waals surface area contributed by atoms with Crippen molar-refractivity contribution in [3.8, 4) is 0 Å². The summed E-state index contributed by atoms with van der Waals surface area (Å²) >= 11 is 0. The van der Waals surface area contributed by atoms with Crippen LogP contribution in [-0.4, -0.2) is 37.8 Å². The molecule has 5 nitrogen and oxygen atoms in total. The first kappa shape index (κ1) is 7.99. The number of alkyl halides is 2. The number of tetrazole rings is 1. The molecule has 1 N–H and O–H groups in total. The Bertz CT molecular complexity index is 202. The Morgan fingerprint density at radius 1 is 1.55 bits per heavy atom. The van der Waals surface area contributed by atoms with Gasteiger partial charge in [-0.15, -0.1) is 5.10 Å². The standard InChI is InChI=1S/C4H6F2N4O/c5-4(6)3(11)1-10-2-7-8-9-10/h2-4,11H,1H2. The Hall–Kier alpha value is -1.11. The molecule has 0 aliphatic carbocycles. The quantitative estimate of drug-likeness (QED) is 0.641. The van der Waals surface area contributed by atoms with Crippen molar-refractivity contribution in [2.45, 2.75) is 19.1 Å². The van der Waals surface area contributed by atoms with Crippen LogP contribution < -0.4 is 0 Å². The van der Waals surface area contributed by atoms with E-state index in [2.05, 4.69) is 15.5 Å². The van der Waals surface area contributed by atoms with Gasteiger partial charge in [-0.2, -0.15) is 0 Å². The second-order valence-electron chi connectivity index (χ2n) is 1.93. The third-order valence-corrected chi connectivity index (χ3v) is 1.06. The Labute approximate surface area is 60.6 Å². The highest BCUT2D eigenvalue weighted by Crippen LogP contribution is 2.01. The Morgan fingerprint density at radius 2 is 2.27 bits per heavy atom. The number of aliphatic hydroxyl groups excluding tert-OH is 1. The van der Waals surface area contributed by atoms with Crippen molar-refractivity contribution in [1.82, 2.24) is 20.2 Å². The maximum atomic E-state index is 11.7. The average Bonchev–Trinajstić information content (AvgIpc) is 2.39. The number of rotatable bonds is 3. The van der Waals surface area contributed by atoms with Gasteiger partial charge in [0.05, 0.1) is 6.54 Å². The molecule has 0 spiro atoms. The Morgan fingerprint density at radius 3 is 2.73 bits per heavy atom. The Kier molecular flexibility index (Phi) is 2.42. The summed E-state index contributed by atoms with van der Waals surface area (Å²) in [6.45, 7) is -0.287. The van der Waals surface area contributed by atoms with Crippen LogP contribution in [0.1, 0.15) is 0 Å². The molecule has 0 aromatic carbocycles. The van der Waals surface area contributed by atoms with Gasteiger partial charge < -0.3 is 5.11 Å². The van der Waals surface area contributed by atoms with Gasteiger partial charge in [0.1, 0.15) is 12.4 Å². The first-order valence-electron chi connectivity index (χ1n) is 2.87. The molecule has 0 bridgehead atoms. The zero-order valence-electron chi connectivity index (χ0n) is 5.43. The number of hydrogen-bond donors (Lipinski definition) is 1. The maximum absolute atomic E-state index is 11.7. The lowest BCUT2D eigenvalue weighted by atomic mass is 10.4. The van der Waals surface area contributed by atoms with Gasteiger partial charge in [-0.25, -0.2) is 13.5 Å². The van der Waals surface area contributed by atoms with E-state index in [0.717, 1.165) is 11.0 Å². The van der Waals surface area contributed by atoms with Crippen LogP contribution in [0.5, 0.6) is 0 Å². The van der Waals surface area contributed by atoms with Crippen molar-refractivity contribution in [3.63, 3.8) is 0 Å². The second-order valence-corrected chi connectivity index (χ2v) is 1.93. The van der Waals surface area contributed by atoms with Gasteiger partial charge in [0.2, 0.25) is 0 Å². The maximum Gasteiger partial charge on any atom is 0.265 e. The number of nitrogens with zero attached hydrogens (tertiary/aromatic N) is 4. The second kappa shape index (κ2) is 3.33. The van der Waals surface area contributed by atoms with Crippen LogP contribution in [0.25, 0.3) is 0 Å². The molecule has 7 heteroatoms. The van der Waals surface area contributed by atoms with Crippen molar-refractivity contribution in [1.29, 1.82) is 0 Å². The topological polar surface area (TPSA) is 63.8 Å². The van der Waals surface area contributed by atoms with Gasteiger partial charge in [0.15, 0.2) is 0 Å². The minimum Gasteiger partial charge on any atom is -0.385 e. The van der Waals surface area contributed by atoms with Crippen molar-refractivity contribution in [2.75, 3.05) is 0 Å². The van der Waals surface area contributed by atoms with E-state index >= 15 is 0 Å². The number of aliphatic hydroxyl groups is 1. The molecule has 1 rings (SSSR count). The Balaban J connectivity index is 2.43. The van der Waals surface area contributed by atoms with E-state index in [1.54, 1.807) is 0 Å². The molecule has 0 aliphatic rings. The third-order valence-electron chi connectivity index (χ3n) is 1.06. The highest BCUT2D eigenvalue weighted by molar-refractivity contribution is 4.58. The average molecular weight is 164 g/mol. The molecule has 1 aromatic rings. The van der Waals surface area contributed by atoms with E-state index in [4.69, 9.17) is 5.11 Å². The van der Waals surface area contributed by atoms with Crippen LogP contribution in [0.4, 0.5) is 8.78 Å². The fraction of sp³-hybridized carbons (Fsp3) is 0.750. The van der Waals surface area contributed by atoms with E-state index in [9.17, 15) is 8.78 Å². The summed E-state index contributed by atoms with van der Waals surface area (Å²) in [5.41, 5.74) is 0. The normalized spacial score (nSPS) is 13.8. The summed E-state index contributed by atoms with van der Waals surface area (Å²) in [6.07, 6.45) is -3.32. The molecule has 1 heterocycles. The molecule has 11 heavy (non-hydrogen) atoms. The lowest BCUT2D eigenvalue weighted by Crippen LogP contribution is -2.24. The van der Waals surface area contributed by atoms with Crippen LogP contribution in [0.2, 0.25) is 0 Å². The molecule has 62 valence electrons. The molecular formula is C4H6F2N4O. The van der Waals surface area contributed by atoms with Crippen molar-refractivity contribution >= 4 is 0 Å². The van der Waals surface area contributed by atoms with Gasteiger partial charge in [0.25, 0.3) is 6.43 Å². The molecule has 0 aliphatic heterocycles. The number of halogens is 2. The number of hydrogen-bond acceptors (Lipinski definition) is 4. The third kappa shape index (κ3) is 2.19. The largest absolute Gasteiger partial charge is 0.385 e. The molecule has 1 unspecified atom stereocenters. The predicted octanol–water partition coefficient (Wildman–Crippen LogP) is -0.701. The van der Waals surface area contributed by atoms with Gasteiger partial charge in [0, 0.05) is 0 Å². The van der Waals surface area contributed by atoms with Crippen LogP contribution in [-0.2, 0) is 6.54 Å². The van der Waals surface area contributed by atoms with Gasteiger partial charge in [-0.05, 0) is 10.4 Å². The summed E-state index contributed by atoms with van der Waals surface area (Å²) < 4.78 is 24.4. The lowest BCUT2D eigenvalue weighted by molar-refractivity contribution is -0.0156. The smallest absolute Gasteiger partial charge is 0.265 e. The van der Waals surface area contributed by atoms with E-state index in [-0.39, 0.29) is 6.54 Å². The molecule has 0 saturated carbocycles. The lowest BCUT2D eigenvalue weighted by Gasteiger charge is -2.06. The van der Waals surface area contributed by atoms with Crippen LogP contribution in [0.15, 0.2) is 6.33 Å². The molecular weight excluding hydrogens is 158 g/mol. The molecule has 0 amide bonds. The van der Waals surface area contributed by atoms with E-state index in [0.29, 0.717) is 0 Å². The van der Waals surface area contributed by atoms with Gasteiger partial charge in [-0.3, -0.25) is 0 Å². The zero-order valence-corrected chi connectivity index (χ0v) is 5.43. The SMILES string of the molecule is OC(Cn1cnnn1)C(F)F. The first-order valence-corrected chi connectivity index (χ1v) is 2.87. The summed E-state index contributed by atoms with van der Waals surface area (Å²) in [7, 11) is 0. The minimum absolute atomic E-state index is 0.287. The fourth-order valence-electron chi connectivity index (χ4n) is 0.535. The molecule has 1 aromatic heterocycles. The molecule has 1 atom stereocenters. The van der Waals surface area contributed by atoms with Crippen molar-refractivity contribution in [3.05, 3.63) is 6.33 Å². The molecule has 0 fully saturated rings. The summed E-state index contributed by atoms with van der Waals surface area (Å²) in [5, 5.41) is 18.4. The van der Waals surface area contributed by atoms with E-state index in [1.807, 2.05) is 0 Å².